The van der Waals surface area contributed by atoms with E-state index in [2.05, 4.69) is 11.4 Å². The maximum Gasteiger partial charge on any atom is 0.224 e. The van der Waals surface area contributed by atoms with Crippen molar-refractivity contribution in [3.8, 4) is 6.07 Å². The second kappa shape index (κ2) is 6.64. The maximum absolute atomic E-state index is 12.1. The molecular weight excluding hydrogens is 212 g/mol. The molecule has 0 bridgehead atoms. The van der Waals surface area contributed by atoms with Gasteiger partial charge in [0.15, 0.2) is 0 Å². The zero-order valence-corrected chi connectivity index (χ0v) is 11.1. The number of hydrogen-bond acceptors (Lipinski definition) is 2. The molecule has 0 aromatic heterocycles. The fraction of sp³-hybridized carbons (Fsp3) is 0.857. The van der Waals surface area contributed by atoms with Gasteiger partial charge in [-0.1, -0.05) is 39.0 Å². The van der Waals surface area contributed by atoms with Crippen molar-refractivity contribution < 1.29 is 4.79 Å². The van der Waals surface area contributed by atoms with E-state index in [1.165, 1.54) is 19.3 Å². The number of nitriles is 1. The van der Waals surface area contributed by atoms with E-state index in [-0.39, 0.29) is 11.8 Å². The van der Waals surface area contributed by atoms with E-state index in [0.29, 0.717) is 6.42 Å². The highest BCUT2D eigenvalue weighted by molar-refractivity contribution is 5.79. The van der Waals surface area contributed by atoms with Gasteiger partial charge >= 0.3 is 0 Å². The highest BCUT2D eigenvalue weighted by Crippen LogP contribution is 2.23. The SMILES string of the molecule is CCC(C)(C#N)NC(=O)C1CCCCCCC1. The van der Waals surface area contributed by atoms with Crippen LogP contribution in [-0.4, -0.2) is 11.4 Å². The van der Waals surface area contributed by atoms with Crippen molar-refractivity contribution in [1.82, 2.24) is 5.32 Å². The number of carbonyl (C=O) groups is 1. The summed E-state index contributed by atoms with van der Waals surface area (Å²) in [7, 11) is 0. The number of hydrogen-bond donors (Lipinski definition) is 1. The van der Waals surface area contributed by atoms with E-state index in [4.69, 9.17) is 5.26 Å². The van der Waals surface area contributed by atoms with Crippen LogP contribution in [0, 0.1) is 17.2 Å². The van der Waals surface area contributed by atoms with Gasteiger partial charge in [0.05, 0.1) is 6.07 Å². The lowest BCUT2D eigenvalue weighted by atomic mass is 9.89. The quantitative estimate of drug-likeness (QED) is 0.818. The molecule has 1 atom stereocenters. The first kappa shape index (κ1) is 14.0. The van der Waals surface area contributed by atoms with E-state index in [0.717, 1.165) is 25.7 Å². The lowest BCUT2D eigenvalue weighted by Crippen LogP contribution is -2.47. The van der Waals surface area contributed by atoms with Gasteiger partial charge in [0, 0.05) is 5.92 Å². The predicted molar refractivity (Wildman–Crippen MR) is 68.3 cm³/mol. The fourth-order valence-electron chi connectivity index (χ4n) is 2.29. The molecule has 0 aliphatic heterocycles. The van der Waals surface area contributed by atoms with Gasteiger partial charge in [-0.2, -0.15) is 5.26 Å². The van der Waals surface area contributed by atoms with Crippen molar-refractivity contribution in [3.05, 3.63) is 0 Å². The van der Waals surface area contributed by atoms with Gasteiger partial charge in [0.1, 0.15) is 5.54 Å². The van der Waals surface area contributed by atoms with Crippen LogP contribution in [0.15, 0.2) is 0 Å². The summed E-state index contributed by atoms with van der Waals surface area (Å²) in [4.78, 5) is 12.1. The first-order chi connectivity index (χ1) is 8.11. The van der Waals surface area contributed by atoms with Gasteiger partial charge < -0.3 is 5.32 Å². The normalized spacial score (nSPS) is 21.7. The van der Waals surface area contributed by atoms with Crippen LogP contribution in [0.2, 0.25) is 0 Å². The number of rotatable bonds is 3. The summed E-state index contributed by atoms with van der Waals surface area (Å²) in [5.74, 6) is 0.201. The third-order valence-electron chi connectivity index (χ3n) is 3.83. The molecule has 1 N–H and O–H groups in total. The van der Waals surface area contributed by atoms with Crippen molar-refractivity contribution in [1.29, 1.82) is 5.26 Å². The second-order valence-electron chi connectivity index (χ2n) is 5.33. The molecule has 0 aromatic carbocycles. The number of amides is 1. The Morgan fingerprint density at radius 2 is 1.82 bits per heavy atom. The monoisotopic (exact) mass is 236 g/mol. The van der Waals surface area contributed by atoms with Gasteiger partial charge in [-0.15, -0.1) is 0 Å². The second-order valence-corrected chi connectivity index (χ2v) is 5.33. The minimum absolute atomic E-state index is 0.0813. The molecule has 3 heteroatoms. The summed E-state index contributed by atoms with van der Waals surface area (Å²) in [6, 6.07) is 2.19. The van der Waals surface area contributed by atoms with Crippen molar-refractivity contribution in [2.75, 3.05) is 0 Å². The van der Waals surface area contributed by atoms with Crippen molar-refractivity contribution >= 4 is 5.91 Å². The molecular formula is C14H24N2O. The average molecular weight is 236 g/mol. The molecule has 0 radical (unpaired) electrons. The molecule has 0 aromatic rings. The van der Waals surface area contributed by atoms with Crippen LogP contribution in [0.3, 0.4) is 0 Å². The van der Waals surface area contributed by atoms with Crippen LogP contribution < -0.4 is 5.32 Å². The third-order valence-corrected chi connectivity index (χ3v) is 3.83. The van der Waals surface area contributed by atoms with E-state index in [1.807, 2.05) is 6.92 Å². The van der Waals surface area contributed by atoms with E-state index < -0.39 is 5.54 Å². The maximum atomic E-state index is 12.1. The van der Waals surface area contributed by atoms with Gasteiger partial charge in [-0.25, -0.2) is 0 Å². The third kappa shape index (κ3) is 4.38. The summed E-state index contributed by atoms with van der Waals surface area (Å²) in [5, 5.41) is 12.0. The zero-order chi connectivity index (χ0) is 12.7. The number of nitrogens with zero attached hydrogens (tertiary/aromatic N) is 1. The molecule has 0 saturated heterocycles. The summed E-state index contributed by atoms with van der Waals surface area (Å²) >= 11 is 0. The van der Waals surface area contributed by atoms with E-state index in [9.17, 15) is 4.79 Å². The molecule has 1 amide bonds. The summed E-state index contributed by atoms with van der Waals surface area (Å²) in [5.41, 5.74) is -0.695. The first-order valence-corrected chi connectivity index (χ1v) is 6.84. The van der Waals surface area contributed by atoms with Crippen molar-refractivity contribution in [2.24, 2.45) is 5.92 Å². The van der Waals surface area contributed by atoms with Gasteiger partial charge in [0.2, 0.25) is 5.91 Å². The Morgan fingerprint density at radius 1 is 1.29 bits per heavy atom. The number of carbonyl (C=O) groups excluding carboxylic acids is 1. The Morgan fingerprint density at radius 3 is 2.29 bits per heavy atom. The van der Waals surface area contributed by atoms with Crippen LogP contribution >= 0.6 is 0 Å². The highest BCUT2D eigenvalue weighted by atomic mass is 16.2. The predicted octanol–water partition coefficient (Wildman–Crippen LogP) is 3.16. The van der Waals surface area contributed by atoms with Crippen molar-refractivity contribution in [3.63, 3.8) is 0 Å². The molecule has 1 fully saturated rings. The van der Waals surface area contributed by atoms with Crippen LogP contribution in [-0.2, 0) is 4.79 Å². The van der Waals surface area contributed by atoms with E-state index in [1.54, 1.807) is 6.92 Å². The molecule has 1 unspecified atom stereocenters. The van der Waals surface area contributed by atoms with E-state index >= 15 is 0 Å². The molecule has 0 spiro atoms. The lowest BCUT2D eigenvalue weighted by molar-refractivity contribution is -0.126. The smallest absolute Gasteiger partial charge is 0.224 e. The van der Waals surface area contributed by atoms with Crippen LogP contribution in [0.4, 0.5) is 0 Å². The Labute approximate surface area is 105 Å². The molecule has 0 heterocycles. The summed E-state index contributed by atoms with van der Waals surface area (Å²) in [6.45, 7) is 3.73. The van der Waals surface area contributed by atoms with Gasteiger partial charge in [-0.3, -0.25) is 4.79 Å². The molecule has 96 valence electrons. The molecule has 1 rings (SSSR count). The van der Waals surface area contributed by atoms with Crippen LogP contribution in [0.1, 0.15) is 65.2 Å². The van der Waals surface area contributed by atoms with Crippen molar-refractivity contribution in [2.45, 2.75) is 70.8 Å². The highest BCUT2D eigenvalue weighted by Gasteiger charge is 2.27. The van der Waals surface area contributed by atoms with Crippen LogP contribution in [0.25, 0.3) is 0 Å². The standard InChI is InChI=1S/C14H24N2O/c1-3-14(2,11-15)16-13(17)12-9-7-5-4-6-8-10-12/h12H,3-10H2,1-2H3,(H,16,17). The zero-order valence-electron chi connectivity index (χ0n) is 11.1. The minimum atomic E-state index is -0.695. The van der Waals surface area contributed by atoms with Gasteiger partial charge in [-0.05, 0) is 26.2 Å². The summed E-state index contributed by atoms with van der Waals surface area (Å²) in [6.07, 6.45) is 8.70. The molecule has 1 aliphatic rings. The number of nitrogens with one attached hydrogen (secondary N) is 1. The average Bonchev–Trinajstić information content (AvgIpc) is 2.28. The molecule has 1 aliphatic carbocycles. The largest absolute Gasteiger partial charge is 0.338 e. The Balaban J connectivity index is 2.53. The Bertz CT molecular complexity index is 287. The topological polar surface area (TPSA) is 52.9 Å². The fourth-order valence-corrected chi connectivity index (χ4v) is 2.29. The van der Waals surface area contributed by atoms with Crippen LogP contribution in [0.5, 0.6) is 0 Å². The first-order valence-electron chi connectivity index (χ1n) is 6.84. The lowest BCUT2D eigenvalue weighted by Gasteiger charge is -2.26. The Hall–Kier alpha value is -1.04. The van der Waals surface area contributed by atoms with Gasteiger partial charge in [0.25, 0.3) is 0 Å². The molecule has 1 saturated carbocycles. The minimum Gasteiger partial charge on any atom is -0.338 e. The Kier molecular flexibility index (Phi) is 5.47. The summed E-state index contributed by atoms with van der Waals surface area (Å²) < 4.78 is 0. The molecule has 17 heavy (non-hydrogen) atoms. The molecule has 3 nitrogen and oxygen atoms in total.